The number of benzene rings is 2. The number of hydrogen-bond acceptors (Lipinski definition) is 6. The predicted molar refractivity (Wildman–Crippen MR) is 98.9 cm³/mol. The van der Waals surface area contributed by atoms with Crippen molar-refractivity contribution in [3.05, 3.63) is 53.6 Å². The Labute approximate surface area is 149 Å². The quantitative estimate of drug-likeness (QED) is 0.525. The second kappa shape index (κ2) is 7.87. The van der Waals surface area contributed by atoms with Gasteiger partial charge in [-0.05, 0) is 42.7 Å². The molecule has 1 heterocycles. The summed E-state index contributed by atoms with van der Waals surface area (Å²) in [5, 5.41) is 6.79. The fourth-order valence-electron chi connectivity index (χ4n) is 2.38. The first-order chi connectivity index (χ1) is 11.7. The van der Waals surface area contributed by atoms with Crippen LogP contribution in [-0.4, -0.2) is 24.4 Å². The Morgan fingerprint density at radius 2 is 1.92 bits per heavy atom. The van der Waals surface area contributed by atoms with Crippen molar-refractivity contribution >= 4 is 40.6 Å². The molecule has 8 heteroatoms. The Hall–Kier alpha value is -1.77. The smallest absolute Gasteiger partial charge is 0.246 e. The number of carbonyl (C=O) groups excluding carboxylic acids is 1. The van der Waals surface area contributed by atoms with E-state index >= 15 is 0 Å². The van der Waals surface area contributed by atoms with Crippen LogP contribution in [0.15, 0.2) is 53.4 Å². The Morgan fingerprint density at radius 3 is 2.71 bits per heavy atom. The number of nitrogens with one attached hydrogen (secondary N) is 5. The van der Waals surface area contributed by atoms with Gasteiger partial charge in [0.2, 0.25) is 5.91 Å². The van der Waals surface area contributed by atoms with Gasteiger partial charge < -0.3 is 10.6 Å². The van der Waals surface area contributed by atoms with E-state index in [4.69, 9.17) is 11.6 Å². The molecular formula is C16H18ClN5OS. The van der Waals surface area contributed by atoms with Crippen molar-refractivity contribution in [1.82, 2.24) is 16.4 Å². The Morgan fingerprint density at radius 1 is 1.12 bits per heavy atom. The van der Waals surface area contributed by atoms with Gasteiger partial charge in [-0.25, -0.2) is 10.9 Å². The van der Waals surface area contributed by atoms with Gasteiger partial charge in [0.1, 0.15) is 12.2 Å². The van der Waals surface area contributed by atoms with Gasteiger partial charge in [-0.1, -0.05) is 23.7 Å². The first-order valence-corrected chi connectivity index (χ1v) is 8.99. The highest BCUT2D eigenvalue weighted by Gasteiger charge is 2.32. The zero-order valence-electron chi connectivity index (χ0n) is 13.0. The molecule has 0 bridgehead atoms. The minimum Gasteiger partial charge on any atom is -0.367 e. The highest BCUT2D eigenvalue weighted by Crippen LogP contribution is 2.20. The van der Waals surface area contributed by atoms with Crippen molar-refractivity contribution in [2.45, 2.75) is 17.1 Å². The van der Waals surface area contributed by atoms with Crippen LogP contribution in [-0.2, 0) is 4.79 Å². The van der Waals surface area contributed by atoms with Gasteiger partial charge in [0.05, 0.1) is 0 Å². The van der Waals surface area contributed by atoms with Gasteiger partial charge in [0, 0.05) is 21.3 Å². The molecule has 1 fully saturated rings. The summed E-state index contributed by atoms with van der Waals surface area (Å²) >= 11 is 7.62. The van der Waals surface area contributed by atoms with Crippen LogP contribution in [0.1, 0.15) is 0 Å². The van der Waals surface area contributed by atoms with E-state index in [-0.39, 0.29) is 12.1 Å². The SMILES string of the molecule is CSc1cccc(NC(=O)C2NNNC2Nc2cccc(Cl)c2)c1. The first-order valence-electron chi connectivity index (χ1n) is 7.39. The first kappa shape index (κ1) is 17.1. The van der Waals surface area contributed by atoms with Crippen LogP contribution < -0.4 is 27.0 Å². The maximum absolute atomic E-state index is 12.6. The standard InChI is InChI=1S/C16H18ClN5OS/c1-24-13-7-3-6-12(9-13)19-16(23)14-15(21-22-20-14)18-11-5-2-4-10(17)8-11/h2-9,14-15,18,20-22H,1H3,(H,19,23). The molecule has 126 valence electrons. The van der Waals surface area contributed by atoms with Gasteiger partial charge in [0.25, 0.3) is 0 Å². The molecule has 1 amide bonds. The van der Waals surface area contributed by atoms with Crippen LogP contribution in [0.25, 0.3) is 0 Å². The van der Waals surface area contributed by atoms with Crippen molar-refractivity contribution < 1.29 is 4.79 Å². The van der Waals surface area contributed by atoms with Gasteiger partial charge in [-0.2, -0.15) is 5.53 Å². The number of hydrazine groups is 2. The Balaban J connectivity index is 1.67. The average molecular weight is 364 g/mol. The molecule has 2 unspecified atom stereocenters. The summed E-state index contributed by atoms with van der Waals surface area (Å²) in [6.07, 6.45) is 1.67. The summed E-state index contributed by atoms with van der Waals surface area (Å²) in [4.78, 5) is 13.6. The van der Waals surface area contributed by atoms with E-state index < -0.39 is 6.04 Å². The molecule has 5 N–H and O–H groups in total. The minimum atomic E-state index is -0.498. The van der Waals surface area contributed by atoms with Crippen LogP contribution in [0.5, 0.6) is 0 Å². The summed E-state index contributed by atoms with van der Waals surface area (Å²) in [5.41, 5.74) is 10.3. The molecule has 2 aromatic rings. The van der Waals surface area contributed by atoms with Gasteiger partial charge in [-0.15, -0.1) is 11.8 Å². The molecule has 0 saturated carbocycles. The summed E-state index contributed by atoms with van der Waals surface area (Å²) in [6.45, 7) is 0. The summed E-state index contributed by atoms with van der Waals surface area (Å²) in [5.74, 6) is -0.148. The second-order valence-electron chi connectivity index (χ2n) is 5.24. The molecule has 0 aliphatic carbocycles. The van der Waals surface area contributed by atoms with E-state index in [1.807, 2.05) is 42.7 Å². The molecule has 6 nitrogen and oxygen atoms in total. The molecule has 1 saturated heterocycles. The number of rotatable bonds is 5. The average Bonchev–Trinajstić information content (AvgIpc) is 3.03. The molecule has 0 radical (unpaired) electrons. The molecule has 2 atom stereocenters. The third kappa shape index (κ3) is 4.19. The van der Waals surface area contributed by atoms with E-state index in [2.05, 4.69) is 27.0 Å². The summed E-state index contributed by atoms with van der Waals surface area (Å²) in [6, 6.07) is 14.6. The molecule has 3 rings (SSSR count). The van der Waals surface area contributed by atoms with Gasteiger partial charge >= 0.3 is 0 Å². The number of carbonyl (C=O) groups is 1. The third-order valence-electron chi connectivity index (χ3n) is 3.56. The molecule has 0 aromatic heterocycles. The van der Waals surface area contributed by atoms with E-state index in [1.165, 1.54) is 0 Å². The second-order valence-corrected chi connectivity index (χ2v) is 6.56. The van der Waals surface area contributed by atoms with Crippen LogP contribution in [0, 0.1) is 0 Å². The van der Waals surface area contributed by atoms with E-state index in [9.17, 15) is 4.79 Å². The highest BCUT2D eigenvalue weighted by molar-refractivity contribution is 7.98. The highest BCUT2D eigenvalue weighted by atomic mass is 35.5. The van der Waals surface area contributed by atoms with Crippen molar-refractivity contribution in [1.29, 1.82) is 0 Å². The lowest BCUT2D eigenvalue weighted by Gasteiger charge is -2.20. The van der Waals surface area contributed by atoms with Crippen LogP contribution in [0.4, 0.5) is 11.4 Å². The van der Waals surface area contributed by atoms with Crippen molar-refractivity contribution in [2.75, 3.05) is 16.9 Å². The van der Waals surface area contributed by atoms with Crippen LogP contribution in [0.2, 0.25) is 5.02 Å². The number of anilines is 2. The van der Waals surface area contributed by atoms with Crippen molar-refractivity contribution in [2.24, 2.45) is 0 Å². The minimum absolute atomic E-state index is 0.148. The monoisotopic (exact) mass is 363 g/mol. The van der Waals surface area contributed by atoms with Crippen molar-refractivity contribution in [3.8, 4) is 0 Å². The number of thioether (sulfide) groups is 1. The molecule has 1 aliphatic rings. The normalized spacial score (nSPS) is 19.9. The Bertz CT molecular complexity index is 729. The molecule has 1 aliphatic heterocycles. The fourth-order valence-corrected chi connectivity index (χ4v) is 3.03. The zero-order chi connectivity index (χ0) is 16.9. The molecule has 2 aromatic carbocycles. The number of amides is 1. The van der Waals surface area contributed by atoms with Crippen LogP contribution in [0.3, 0.4) is 0 Å². The number of halogens is 1. The molecular weight excluding hydrogens is 346 g/mol. The topological polar surface area (TPSA) is 77.2 Å². The fraction of sp³-hybridized carbons (Fsp3) is 0.188. The largest absolute Gasteiger partial charge is 0.367 e. The van der Waals surface area contributed by atoms with Crippen LogP contribution >= 0.6 is 23.4 Å². The molecule has 0 spiro atoms. The summed E-state index contributed by atoms with van der Waals surface area (Å²) in [7, 11) is 0. The number of hydrogen-bond donors (Lipinski definition) is 5. The lowest BCUT2D eigenvalue weighted by atomic mass is 10.2. The maximum atomic E-state index is 12.6. The predicted octanol–water partition coefficient (Wildman–Crippen LogP) is 2.42. The lowest BCUT2D eigenvalue weighted by molar-refractivity contribution is -0.118. The van der Waals surface area contributed by atoms with E-state index in [0.717, 1.165) is 16.3 Å². The van der Waals surface area contributed by atoms with Crippen molar-refractivity contribution in [3.63, 3.8) is 0 Å². The maximum Gasteiger partial charge on any atom is 0.246 e. The van der Waals surface area contributed by atoms with Gasteiger partial charge in [0.15, 0.2) is 0 Å². The summed E-state index contributed by atoms with van der Waals surface area (Å²) < 4.78 is 0. The van der Waals surface area contributed by atoms with E-state index in [1.54, 1.807) is 23.9 Å². The lowest BCUT2D eigenvalue weighted by Crippen LogP contribution is -2.47. The Kier molecular flexibility index (Phi) is 5.60. The molecule has 24 heavy (non-hydrogen) atoms. The van der Waals surface area contributed by atoms with Gasteiger partial charge in [-0.3, -0.25) is 4.79 Å². The third-order valence-corrected chi connectivity index (χ3v) is 4.52. The van der Waals surface area contributed by atoms with E-state index in [0.29, 0.717) is 5.02 Å². The zero-order valence-corrected chi connectivity index (χ0v) is 14.5.